The number of aliphatic imine (C=N–C) groups is 1. The third-order valence-corrected chi connectivity index (χ3v) is 6.76. The Morgan fingerprint density at radius 3 is 2.31 bits per heavy atom. The quantitative estimate of drug-likeness (QED) is 0.361. The summed E-state index contributed by atoms with van der Waals surface area (Å²) >= 11 is 0. The molecule has 16 heteroatoms. The van der Waals surface area contributed by atoms with Gasteiger partial charge in [0.1, 0.15) is 15.6 Å². The molecule has 0 aliphatic carbocycles. The number of amidine groups is 1. The number of nitrogens with zero attached hydrogens (tertiary/aromatic N) is 4. The smallest absolute Gasteiger partial charge is 0.241 e. The summed E-state index contributed by atoms with van der Waals surface area (Å²) in [5.41, 5.74) is 11.7. The first-order valence-electron chi connectivity index (χ1n) is 8.69. The zero-order valence-corrected chi connectivity index (χ0v) is 19.8. The molecule has 0 saturated carbocycles. The van der Waals surface area contributed by atoms with Crippen molar-refractivity contribution < 1.29 is 16.8 Å². The van der Waals surface area contributed by atoms with Gasteiger partial charge in [-0.1, -0.05) is 6.07 Å². The van der Waals surface area contributed by atoms with Crippen molar-refractivity contribution in [1.29, 1.82) is 0 Å². The van der Waals surface area contributed by atoms with Crippen LogP contribution in [0.25, 0.3) is 11.1 Å². The van der Waals surface area contributed by atoms with E-state index in [9.17, 15) is 16.8 Å². The van der Waals surface area contributed by atoms with Crippen LogP contribution >= 0.6 is 24.8 Å². The van der Waals surface area contributed by atoms with Gasteiger partial charge in [0.05, 0.1) is 5.56 Å². The predicted molar refractivity (Wildman–Crippen MR) is 125 cm³/mol. The molecule has 0 amide bonds. The standard InChI is InChI=1S/C16H20N8O4S2.2ClH/c17-6-1-7-23-30(27,28)12-4-3-11(10-2-5-13(18)20-8-10)14(15(12)29(19,25)26)16-21-9-22-24-16;;/h2-5,8,23H,1,6-7,9,17H2,(H2,18,20)(H2,19,25,26);2*1H. The summed E-state index contributed by atoms with van der Waals surface area (Å²) in [6.07, 6.45) is 1.79. The lowest BCUT2D eigenvalue weighted by molar-refractivity contribution is 0.571. The molecule has 0 radical (unpaired) electrons. The number of benzene rings is 1. The highest BCUT2D eigenvalue weighted by Gasteiger charge is 2.32. The highest BCUT2D eigenvalue weighted by Crippen LogP contribution is 2.34. The summed E-state index contributed by atoms with van der Waals surface area (Å²) in [5.74, 6) is 0.207. The first kappa shape index (κ1) is 27.8. The van der Waals surface area contributed by atoms with Crippen LogP contribution in [0.3, 0.4) is 0 Å². The number of azo groups is 1. The lowest BCUT2D eigenvalue weighted by atomic mass is 10.00. The van der Waals surface area contributed by atoms with Crippen LogP contribution in [-0.4, -0.2) is 47.4 Å². The van der Waals surface area contributed by atoms with Gasteiger partial charge in [0, 0.05) is 18.3 Å². The number of hydrogen-bond acceptors (Lipinski definition) is 10. The van der Waals surface area contributed by atoms with Gasteiger partial charge in [-0.25, -0.2) is 36.7 Å². The summed E-state index contributed by atoms with van der Waals surface area (Å²) < 4.78 is 53.1. The molecule has 2 aromatic rings. The highest BCUT2D eigenvalue weighted by atomic mass is 35.5. The number of rotatable bonds is 8. The first-order valence-corrected chi connectivity index (χ1v) is 11.7. The van der Waals surface area contributed by atoms with Crippen molar-refractivity contribution in [2.24, 2.45) is 26.1 Å². The molecule has 0 atom stereocenters. The molecular formula is C16H22Cl2N8O4S2. The number of nitrogen functional groups attached to an aromatic ring is 1. The Bertz CT molecular complexity index is 1230. The Morgan fingerprint density at radius 1 is 1.06 bits per heavy atom. The predicted octanol–water partition coefficient (Wildman–Crippen LogP) is 0.619. The van der Waals surface area contributed by atoms with E-state index in [4.69, 9.17) is 16.6 Å². The Balaban J connectivity index is 0.00000256. The largest absolute Gasteiger partial charge is 0.384 e. The molecular weight excluding hydrogens is 503 g/mol. The number of aromatic nitrogens is 1. The van der Waals surface area contributed by atoms with Gasteiger partial charge in [0.2, 0.25) is 20.0 Å². The van der Waals surface area contributed by atoms with Gasteiger partial charge in [0.25, 0.3) is 0 Å². The third kappa shape index (κ3) is 5.98. The summed E-state index contributed by atoms with van der Waals surface area (Å²) in [6.45, 7) is 0.267. The molecule has 0 bridgehead atoms. The lowest BCUT2D eigenvalue weighted by Gasteiger charge is -2.17. The monoisotopic (exact) mass is 524 g/mol. The van der Waals surface area contributed by atoms with Crippen molar-refractivity contribution in [2.45, 2.75) is 16.2 Å². The minimum absolute atomic E-state index is 0. The van der Waals surface area contributed by atoms with Crippen LogP contribution < -0.4 is 21.3 Å². The zero-order valence-electron chi connectivity index (χ0n) is 16.5. The Hall–Kier alpha value is -2.20. The number of hydrogen-bond donors (Lipinski definition) is 4. The second-order valence-electron chi connectivity index (χ2n) is 6.24. The van der Waals surface area contributed by atoms with E-state index in [1.54, 1.807) is 6.07 Å². The molecule has 0 saturated heterocycles. The fourth-order valence-corrected chi connectivity index (χ4v) is 5.50. The van der Waals surface area contributed by atoms with E-state index >= 15 is 0 Å². The molecule has 1 aromatic carbocycles. The van der Waals surface area contributed by atoms with Gasteiger partial charge in [0.15, 0.2) is 12.5 Å². The topological polar surface area (TPSA) is 208 Å². The SMILES string of the molecule is Cl.Cl.NCCCNS(=O)(=O)c1ccc(-c2ccc(N)nc2)c(C2=NCN=N2)c1S(N)(=O)=O. The van der Waals surface area contributed by atoms with Crippen molar-refractivity contribution in [2.75, 3.05) is 25.5 Å². The molecule has 12 nitrogen and oxygen atoms in total. The molecule has 1 aliphatic heterocycles. The number of anilines is 1. The first-order chi connectivity index (χ1) is 14.1. The maximum absolute atomic E-state index is 12.8. The summed E-state index contributed by atoms with van der Waals surface area (Å²) in [4.78, 5) is 6.92. The normalized spacial score (nSPS) is 13.2. The zero-order chi connectivity index (χ0) is 21.9. The number of sulfonamides is 2. The van der Waals surface area contributed by atoms with E-state index in [-0.39, 0.29) is 61.8 Å². The second-order valence-corrected chi connectivity index (χ2v) is 9.47. The molecule has 3 rings (SSSR count). The van der Waals surface area contributed by atoms with Crippen molar-refractivity contribution in [3.63, 3.8) is 0 Å². The molecule has 0 spiro atoms. The van der Waals surface area contributed by atoms with Gasteiger partial charge >= 0.3 is 0 Å². The molecule has 1 aliphatic rings. The lowest BCUT2D eigenvalue weighted by Crippen LogP contribution is -2.29. The maximum atomic E-state index is 12.8. The average Bonchev–Trinajstić information content (AvgIpc) is 3.21. The fraction of sp³-hybridized carbons (Fsp3) is 0.250. The van der Waals surface area contributed by atoms with Gasteiger partial charge in [-0.2, -0.15) is 5.11 Å². The third-order valence-electron chi connectivity index (χ3n) is 4.14. The van der Waals surface area contributed by atoms with Gasteiger partial charge in [-0.3, -0.25) is 0 Å². The molecule has 0 unspecified atom stereocenters. The maximum Gasteiger partial charge on any atom is 0.241 e. The van der Waals surface area contributed by atoms with Crippen LogP contribution in [-0.2, 0) is 20.0 Å². The minimum atomic E-state index is -4.53. The van der Waals surface area contributed by atoms with Crippen molar-refractivity contribution in [1.82, 2.24) is 9.71 Å². The number of primary sulfonamides is 1. The fourth-order valence-electron chi connectivity index (χ4n) is 2.83. The van der Waals surface area contributed by atoms with Crippen LogP contribution in [0.15, 0.2) is 55.5 Å². The molecule has 0 fully saturated rings. The van der Waals surface area contributed by atoms with Crippen LogP contribution in [0.1, 0.15) is 12.0 Å². The number of nitrogens with two attached hydrogens (primary N) is 3. The molecule has 176 valence electrons. The molecule has 2 heterocycles. The minimum Gasteiger partial charge on any atom is -0.384 e. The summed E-state index contributed by atoms with van der Waals surface area (Å²) in [7, 11) is -8.76. The molecule has 1 aromatic heterocycles. The van der Waals surface area contributed by atoms with Crippen LogP contribution in [0.4, 0.5) is 5.82 Å². The Labute approximate surface area is 197 Å². The van der Waals surface area contributed by atoms with E-state index in [0.717, 1.165) is 6.07 Å². The Kier molecular flexibility index (Phi) is 9.65. The number of pyridine rings is 1. The molecule has 32 heavy (non-hydrogen) atoms. The highest BCUT2D eigenvalue weighted by molar-refractivity contribution is 7.92. The van der Waals surface area contributed by atoms with Gasteiger partial charge < -0.3 is 11.5 Å². The summed E-state index contributed by atoms with van der Waals surface area (Å²) in [5, 5.41) is 13.0. The van der Waals surface area contributed by atoms with E-state index in [1.807, 2.05) is 0 Å². The second kappa shape index (κ2) is 11.1. The van der Waals surface area contributed by atoms with E-state index in [2.05, 4.69) is 24.9 Å². The van der Waals surface area contributed by atoms with Gasteiger partial charge in [-0.05, 0) is 36.7 Å². The van der Waals surface area contributed by atoms with Gasteiger partial charge in [-0.15, -0.1) is 29.9 Å². The summed E-state index contributed by atoms with van der Waals surface area (Å²) in [6, 6.07) is 5.72. The number of nitrogens with one attached hydrogen (secondary N) is 1. The van der Waals surface area contributed by atoms with Crippen LogP contribution in [0.5, 0.6) is 0 Å². The van der Waals surface area contributed by atoms with Crippen LogP contribution in [0.2, 0.25) is 0 Å². The van der Waals surface area contributed by atoms with E-state index in [0.29, 0.717) is 17.5 Å². The van der Waals surface area contributed by atoms with E-state index in [1.165, 1.54) is 18.3 Å². The van der Waals surface area contributed by atoms with Crippen LogP contribution in [0, 0.1) is 0 Å². The van der Waals surface area contributed by atoms with Crippen molar-refractivity contribution >= 4 is 56.5 Å². The average molecular weight is 525 g/mol. The molecule has 7 N–H and O–H groups in total. The van der Waals surface area contributed by atoms with Crippen molar-refractivity contribution in [3.05, 3.63) is 36.0 Å². The number of halogens is 2. The van der Waals surface area contributed by atoms with Crippen molar-refractivity contribution in [3.8, 4) is 11.1 Å². The Morgan fingerprint density at radius 2 is 1.78 bits per heavy atom. The van der Waals surface area contributed by atoms with E-state index < -0.39 is 29.8 Å².